The molecule has 2 amide bonds. The highest BCUT2D eigenvalue weighted by Crippen LogP contribution is 2.43. The molecule has 5 rings (SSSR count). The fourth-order valence-electron chi connectivity index (χ4n) is 6.01. The van der Waals surface area contributed by atoms with Crippen LogP contribution in [-0.4, -0.2) is 63.1 Å². The van der Waals surface area contributed by atoms with Crippen molar-refractivity contribution < 1.29 is 23.5 Å². The number of aromatic nitrogens is 2. The van der Waals surface area contributed by atoms with Crippen molar-refractivity contribution in [1.29, 1.82) is 5.26 Å². The molecule has 3 heterocycles. The first-order valence-electron chi connectivity index (χ1n) is 13.8. The number of likely N-dealkylation sites (tertiary alicyclic amines) is 1. The van der Waals surface area contributed by atoms with E-state index in [1.54, 1.807) is 39.1 Å². The second kappa shape index (κ2) is 11.0. The monoisotopic (exact) mass is 537 g/mol. The van der Waals surface area contributed by atoms with Gasteiger partial charge in [0, 0.05) is 30.8 Å². The predicted octanol–water partition coefficient (Wildman–Crippen LogP) is 4.21. The average Bonchev–Trinajstić information content (AvgIpc) is 3.68. The highest BCUT2D eigenvalue weighted by atomic mass is 19.1. The van der Waals surface area contributed by atoms with E-state index < -0.39 is 35.5 Å². The zero-order valence-electron chi connectivity index (χ0n) is 22.7. The maximum Gasteiger partial charge on any atom is 0.411 e. The number of nitrogens with one attached hydrogen (secondary N) is 1. The molecule has 208 valence electrons. The maximum atomic E-state index is 15.1. The average molecular weight is 538 g/mol. The Balaban J connectivity index is 1.23. The lowest BCUT2D eigenvalue weighted by molar-refractivity contribution is -0.128. The topological polar surface area (TPSA) is 109 Å². The lowest BCUT2D eigenvalue weighted by Crippen LogP contribution is -2.55. The number of amides is 2. The zero-order valence-corrected chi connectivity index (χ0v) is 22.7. The largest absolute Gasteiger partial charge is 0.444 e. The Morgan fingerprint density at radius 1 is 1.28 bits per heavy atom. The lowest BCUT2D eigenvalue weighted by atomic mass is 9.97. The Hall–Kier alpha value is -3.45. The number of piperidine rings is 1. The van der Waals surface area contributed by atoms with E-state index >= 15 is 4.39 Å². The van der Waals surface area contributed by atoms with Gasteiger partial charge in [-0.15, -0.1) is 0 Å². The first-order valence-corrected chi connectivity index (χ1v) is 13.8. The standard InChI is InChI=1S/C29H36FN5O4/c1-29(2,3)39-28(37)35-23-9-8-20(12-23)26(35)27(36)33-22(14-31)11-19-7-6-18(13-25(19)30)21-15-32-34(16-21)17-24-5-4-10-38-24/h6-7,13,15-16,20,22-24,26H,4-5,8-12,17H2,1-3H3,(H,33,36)/t20-,22-,23+,24-,26-/m0/s1. The summed E-state index contributed by atoms with van der Waals surface area (Å²) in [5.74, 6) is -0.821. The molecule has 2 bridgehead atoms. The van der Waals surface area contributed by atoms with E-state index in [4.69, 9.17) is 9.47 Å². The number of fused-ring (bicyclic) bond motifs is 2. The molecule has 3 fully saturated rings. The van der Waals surface area contributed by atoms with Crippen LogP contribution in [0, 0.1) is 23.1 Å². The molecule has 1 N–H and O–H groups in total. The smallest absolute Gasteiger partial charge is 0.411 e. The van der Waals surface area contributed by atoms with Crippen molar-refractivity contribution in [3.63, 3.8) is 0 Å². The van der Waals surface area contributed by atoms with E-state index in [1.807, 2.05) is 10.9 Å². The molecule has 0 spiro atoms. The number of benzene rings is 1. The molecule has 1 aromatic carbocycles. The second-order valence-electron chi connectivity index (χ2n) is 11.8. The molecule has 9 nitrogen and oxygen atoms in total. The van der Waals surface area contributed by atoms with Gasteiger partial charge in [-0.25, -0.2) is 9.18 Å². The summed E-state index contributed by atoms with van der Waals surface area (Å²) in [6.45, 7) is 6.81. The van der Waals surface area contributed by atoms with Crippen LogP contribution in [0.4, 0.5) is 9.18 Å². The van der Waals surface area contributed by atoms with E-state index in [1.165, 1.54) is 11.0 Å². The van der Waals surface area contributed by atoms with Crippen LogP contribution in [0.3, 0.4) is 0 Å². The van der Waals surface area contributed by atoms with Crippen molar-refractivity contribution in [2.75, 3.05) is 6.61 Å². The van der Waals surface area contributed by atoms with Gasteiger partial charge >= 0.3 is 6.09 Å². The van der Waals surface area contributed by atoms with Crippen molar-refractivity contribution >= 4 is 12.0 Å². The number of ether oxygens (including phenoxy) is 2. The Labute approximate surface area is 228 Å². The molecule has 39 heavy (non-hydrogen) atoms. The quantitative estimate of drug-likeness (QED) is 0.567. The number of hydrogen-bond acceptors (Lipinski definition) is 6. The molecule has 1 aromatic heterocycles. The Morgan fingerprint density at radius 2 is 2.10 bits per heavy atom. The minimum atomic E-state index is -0.938. The third kappa shape index (κ3) is 6.09. The highest BCUT2D eigenvalue weighted by molar-refractivity contribution is 5.87. The molecule has 3 aliphatic rings. The van der Waals surface area contributed by atoms with Gasteiger partial charge < -0.3 is 14.8 Å². The van der Waals surface area contributed by atoms with Crippen molar-refractivity contribution in [3.05, 3.63) is 42.0 Å². The molecule has 5 atom stereocenters. The van der Waals surface area contributed by atoms with Crippen LogP contribution in [0.2, 0.25) is 0 Å². The molecule has 1 saturated carbocycles. The SMILES string of the molecule is CC(C)(C)OC(=O)N1[C@@H]2CC[C@@H](C2)[C@H]1C(=O)N[C@H](C#N)Cc1ccc(-c2cnn(C[C@@H]3CCCO3)c2)cc1F. The fraction of sp³-hybridized carbons (Fsp3) is 0.586. The number of halogens is 1. The molecule has 1 aliphatic carbocycles. The molecule has 10 heteroatoms. The normalized spacial score (nSPS) is 24.9. The third-order valence-electron chi connectivity index (χ3n) is 7.79. The van der Waals surface area contributed by atoms with Crippen LogP contribution >= 0.6 is 0 Å². The number of rotatable bonds is 7. The summed E-state index contributed by atoms with van der Waals surface area (Å²) in [5.41, 5.74) is 1.13. The van der Waals surface area contributed by atoms with Crippen LogP contribution in [0.5, 0.6) is 0 Å². The Kier molecular flexibility index (Phi) is 7.63. The van der Waals surface area contributed by atoms with Crippen molar-refractivity contribution in [2.45, 2.75) is 95.7 Å². The molecule has 2 saturated heterocycles. The van der Waals surface area contributed by atoms with Gasteiger partial charge in [-0.2, -0.15) is 10.4 Å². The number of nitriles is 1. The fourth-order valence-corrected chi connectivity index (χ4v) is 6.01. The van der Waals surface area contributed by atoms with Crippen LogP contribution in [0.15, 0.2) is 30.6 Å². The minimum Gasteiger partial charge on any atom is -0.444 e. The number of carbonyl (C=O) groups excluding carboxylic acids is 2. The van der Waals surface area contributed by atoms with E-state index in [9.17, 15) is 14.9 Å². The summed E-state index contributed by atoms with van der Waals surface area (Å²) in [5, 5.41) is 16.9. The molecule has 2 aromatic rings. The Morgan fingerprint density at radius 3 is 2.79 bits per heavy atom. The number of nitrogens with zero attached hydrogens (tertiary/aromatic N) is 4. The van der Waals surface area contributed by atoms with Gasteiger partial charge in [0.05, 0.1) is 24.9 Å². The van der Waals surface area contributed by atoms with Crippen molar-refractivity contribution in [1.82, 2.24) is 20.0 Å². The van der Waals surface area contributed by atoms with Gasteiger partial charge in [0.15, 0.2) is 0 Å². The predicted molar refractivity (Wildman–Crippen MR) is 141 cm³/mol. The van der Waals surface area contributed by atoms with Gasteiger partial charge in [-0.05, 0) is 76.0 Å². The molecular weight excluding hydrogens is 501 g/mol. The second-order valence-corrected chi connectivity index (χ2v) is 11.8. The van der Waals surface area contributed by atoms with Crippen molar-refractivity contribution in [3.8, 4) is 17.2 Å². The zero-order chi connectivity index (χ0) is 27.7. The molecule has 0 radical (unpaired) electrons. The van der Waals surface area contributed by atoms with Crippen molar-refractivity contribution in [2.24, 2.45) is 5.92 Å². The van der Waals surface area contributed by atoms with Gasteiger partial charge in [0.1, 0.15) is 23.5 Å². The van der Waals surface area contributed by atoms with Gasteiger partial charge in [-0.3, -0.25) is 14.4 Å². The number of hydrogen-bond donors (Lipinski definition) is 1. The van der Waals surface area contributed by atoms with Gasteiger partial charge in [0.2, 0.25) is 5.91 Å². The van der Waals surface area contributed by atoms with Crippen LogP contribution < -0.4 is 5.32 Å². The summed E-state index contributed by atoms with van der Waals surface area (Å²) in [7, 11) is 0. The molecule has 2 aliphatic heterocycles. The van der Waals surface area contributed by atoms with Crippen LogP contribution in [0.1, 0.15) is 58.4 Å². The highest BCUT2D eigenvalue weighted by Gasteiger charge is 2.52. The summed E-state index contributed by atoms with van der Waals surface area (Å²) in [6.07, 6.45) is 7.73. The summed E-state index contributed by atoms with van der Waals surface area (Å²) in [6, 6.07) is 5.28. The first-order chi connectivity index (χ1) is 18.6. The summed E-state index contributed by atoms with van der Waals surface area (Å²) >= 11 is 0. The van der Waals surface area contributed by atoms with E-state index in [-0.39, 0.29) is 24.5 Å². The van der Waals surface area contributed by atoms with Gasteiger partial charge in [0.25, 0.3) is 0 Å². The first kappa shape index (κ1) is 27.1. The molecular formula is C29H36FN5O4. The van der Waals surface area contributed by atoms with Crippen LogP contribution in [-0.2, 0) is 27.2 Å². The summed E-state index contributed by atoms with van der Waals surface area (Å²) in [4.78, 5) is 27.7. The van der Waals surface area contributed by atoms with E-state index in [0.29, 0.717) is 17.7 Å². The van der Waals surface area contributed by atoms with Crippen LogP contribution in [0.25, 0.3) is 11.1 Å². The maximum absolute atomic E-state index is 15.1. The third-order valence-corrected chi connectivity index (χ3v) is 7.79. The minimum absolute atomic E-state index is 0.0138. The summed E-state index contributed by atoms with van der Waals surface area (Å²) < 4.78 is 28.2. The molecule has 0 unspecified atom stereocenters. The number of carbonyl (C=O) groups is 2. The lowest BCUT2D eigenvalue weighted by Gasteiger charge is -2.35. The van der Waals surface area contributed by atoms with Gasteiger partial charge in [-0.1, -0.05) is 12.1 Å². The van der Waals surface area contributed by atoms with E-state index in [2.05, 4.69) is 16.5 Å². The van der Waals surface area contributed by atoms with E-state index in [0.717, 1.165) is 44.3 Å². The Bertz CT molecular complexity index is 1260.